The van der Waals surface area contributed by atoms with Crippen LogP contribution in [0.15, 0.2) is 24.7 Å². The summed E-state index contributed by atoms with van der Waals surface area (Å²) < 4.78 is 0. The molecule has 23 heavy (non-hydrogen) atoms. The summed E-state index contributed by atoms with van der Waals surface area (Å²) in [5.41, 5.74) is 0.859. The fourth-order valence-corrected chi connectivity index (χ4v) is 2.68. The monoisotopic (exact) mass is 314 g/mol. The van der Waals surface area contributed by atoms with Crippen molar-refractivity contribution in [1.29, 1.82) is 0 Å². The van der Waals surface area contributed by atoms with Gasteiger partial charge in [0.2, 0.25) is 11.6 Å². The second-order valence-electron chi connectivity index (χ2n) is 5.65. The van der Waals surface area contributed by atoms with Crippen molar-refractivity contribution in [1.82, 2.24) is 15.0 Å². The SMILES string of the molecule is Cc1ccc(Nc2ncnc(NC3CCCC3)c2[N+](=O)[O-])nc1. The number of rotatable bonds is 5. The van der Waals surface area contributed by atoms with E-state index in [2.05, 4.69) is 25.6 Å². The topological polar surface area (TPSA) is 106 Å². The van der Waals surface area contributed by atoms with Crippen LogP contribution in [0.4, 0.5) is 23.1 Å². The molecule has 8 heteroatoms. The molecule has 8 nitrogen and oxygen atoms in total. The van der Waals surface area contributed by atoms with Gasteiger partial charge in [-0.25, -0.2) is 15.0 Å². The van der Waals surface area contributed by atoms with Crippen LogP contribution in [0.25, 0.3) is 0 Å². The van der Waals surface area contributed by atoms with Crippen molar-refractivity contribution in [2.45, 2.75) is 38.6 Å². The predicted molar refractivity (Wildman–Crippen MR) is 86.8 cm³/mol. The Labute approximate surface area is 133 Å². The Kier molecular flexibility index (Phi) is 4.31. The van der Waals surface area contributed by atoms with Crippen molar-refractivity contribution in [2.75, 3.05) is 10.6 Å². The zero-order valence-corrected chi connectivity index (χ0v) is 12.8. The maximum absolute atomic E-state index is 11.5. The first-order valence-corrected chi connectivity index (χ1v) is 7.59. The quantitative estimate of drug-likeness (QED) is 0.644. The van der Waals surface area contributed by atoms with Gasteiger partial charge >= 0.3 is 5.69 Å². The van der Waals surface area contributed by atoms with E-state index in [0.29, 0.717) is 5.82 Å². The lowest BCUT2D eigenvalue weighted by atomic mass is 10.2. The minimum Gasteiger partial charge on any atom is -0.361 e. The summed E-state index contributed by atoms with van der Waals surface area (Å²) in [6.45, 7) is 1.92. The van der Waals surface area contributed by atoms with Gasteiger partial charge in [-0.05, 0) is 31.4 Å². The van der Waals surface area contributed by atoms with Crippen LogP contribution >= 0.6 is 0 Å². The van der Waals surface area contributed by atoms with Crippen LogP contribution in [0.5, 0.6) is 0 Å². The van der Waals surface area contributed by atoms with Crippen molar-refractivity contribution >= 4 is 23.1 Å². The van der Waals surface area contributed by atoms with Crippen molar-refractivity contribution in [3.8, 4) is 0 Å². The van der Waals surface area contributed by atoms with Gasteiger partial charge < -0.3 is 10.6 Å². The molecule has 2 aromatic heterocycles. The highest BCUT2D eigenvalue weighted by Crippen LogP contribution is 2.32. The molecule has 0 aromatic carbocycles. The molecule has 0 amide bonds. The number of nitrogens with one attached hydrogen (secondary N) is 2. The van der Waals surface area contributed by atoms with Crippen LogP contribution in [0.3, 0.4) is 0 Å². The van der Waals surface area contributed by atoms with Gasteiger partial charge in [0.05, 0.1) is 4.92 Å². The van der Waals surface area contributed by atoms with Crippen LogP contribution in [-0.2, 0) is 0 Å². The van der Waals surface area contributed by atoms with Crippen LogP contribution in [-0.4, -0.2) is 25.9 Å². The molecule has 0 saturated heterocycles. The summed E-state index contributed by atoms with van der Waals surface area (Å²) in [6.07, 6.45) is 7.28. The Bertz CT molecular complexity index is 698. The first-order valence-electron chi connectivity index (χ1n) is 7.59. The molecular weight excluding hydrogens is 296 g/mol. The third-order valence-electron chi connectivity index (χ3n) is 3.86. The molecule has 1 aliphatic carbocycles. The maximum Gasteiger partial charge on any atom is 0.353 e. The van der Waals surface area contributed by atoms with Crippen molar-refractivity contribution in [2.24, 2.45) is 0 Å². The molecule has 1 fully saturated rings. The molecule has 0 atom stereocenters. The van der Waals surface area contributed by atoms with Gasteiger partial charge in [0.1, 0.15) is 12.1 Å². The fraction of sp³-hybridized carbons (Fsp3) is 0.400. The first kappa shape index (κ1) is 15.1. The van der Waals surface area contributed by atoms with Gasteiger partial charge in [-0.2, -0.15) is 0 Å². The van der Waals surface area contributed by atoms with E-state index < -0.39 is 4.92 Å². The van der Waals surface area contributed by atoms with Gasteiger partial charge in [-0.15, -0.1) is 0 Å². The number of aromatic nitrogens is 3. The number of hydrogen-bond acceptors (Lipinski definition) is 7. The summed E-state index contributed by atoms with van der Waals surface area (Å²) >= 11 is 0. The van der Waals surface area contributed by atoms with Gasteiger partial charge in [-0.1, -0.05) is 18.9 Å². The first-order chi connectivity index (χ1) is 11.1. The van der Waals surface area contributed by atoms with Crippen LogP contribution in [0.1, 0.15) is 31.2 Å². The fourth-order valence-electron chi connectivity index (χ4n) is 2.68. The van der Waals surface area contributed by atoms with E-state index in [1.807, 2.05) is 13.0 Å². The Morgan fingerprint density at radius 2 is 1.91 bits per heavy atom. The molecule has 0 radical (unpaired) electrons. The van der Waals surface area contributed by atoms with E-state index in [1.54, 1.807) is 12.3 Å². The molecule has 0 unspecified atom stereocenters. The molecule has 120 valence electrons. The summed E-state index contributed by atoms with van der Waals surface area (Å²) in [7, 11) is 0. The van der Waals surface area contributed by atoms with Gasteiger partial charge in [-0.3, -0.25) is 10.1 Å². The lowest BCUT2D eigenvalue weighted by Crippen LogP contribution is -2.17. The molecule has 1 saturated carbocycles. The number of aryl methyl sites for hydroxylation is 1. The molecule has 2 aromatic rings. The smallest absolute Gasteiger partial charge is 0.353 e. The maximum atomic E-state index is 11.5. The van der Waals surface area contributed by atoms with E-state index in [9.17, 15) is 10.1 Å². The standard InChI is InChI=1S/C15H18N6O2/c1-10-6-7-12(16-8-10)20-15-13(21(22)23)14(17-9-18-15)19-11-4-2-3-5-11/h6-9,11H,2-5H2,1H3,(H2,16,17,18,19,20). The summed E-state index contributed by atoms with van der Waals surface area (Å²) in [5.74, 6) is 0.901. The average Bonchev–Trinajstić information content (AvgIpc) is 3.02. The number of nitrogens with zero attached hydrogens (tertiary/aromatic N) is 4. The summed E-state index contributed by atoms with van der Waals surface area (Å²) in [4.78, 5) is 23.3. The Morgan fingerprint density at radius 1 is 1.17 bits per heavy atom. The van der Waals surface area contributed by atoms with E-state index in [4.69, 9.17) is 0 Å². The number of anilines is 3. The zero-order chi connectivity index (χ0) is 16.2. The van der Waals surface area contributed by atoms with Crippen molar-refractivity contribution in [3.63, 3.8) is 0 Å². The second-order valence-corrected chi connectivity index (χ2v) is 5.65. The minimum atomic E-state index is -0.464. The van der Waals surface area contributed by atoms with E-state index in [1.165, 1.54) is 6.33 Å². The molecule has 2 heterocycles. The summed E-state index contributed by atoms with van der Waals surface area (Å²) in [6, 6.07) is 3.86. The predicted octanol–water partition coefficient (Wildman–Crippen LogP) is 3.19. The molecule has 2 N–H and O–H groups in total. The highest BCUT2D eigenvalue weighted by atomic mass is 16.6. The minimum absolute atomic E-state index is 0.141. The largest absolute Gasteiger partial charge is 0.361 e. The zero-order valence-electron chi connectivity index (χ0n) is 12.8. The van der Waals surface area contributed by atoms with Crippen LogP contribution < -0.4 is 10.6 Å². The van der Waals surface area contributed by atoms with E-state index in [0.717, 1.165) is 31.2 Å². The molecule has 0 spiro atoms. The second kappa shape index (κ2) is 6.55. The van der Waals surface area contributed by atoms with Crippen molar-refractivity contribution in [3.05, 3.63) is 40.3 Å². The molecule has 0 aliphatic heterocycles. The van der Waals surface area contributed by atoms with Gasteiger partial charge in [0, 0.05) is 12.2 Å². The van der Waals surface area contributed by atoms with Gasteiger partial charge in [0.15, 0.2) is 0 Å². The Balaban J connectivity index is 1.89. The highest BCUT2D eigenvalue weighted by Gasteiger charge is 2.26. The number of hydrogen-bond donors (Lipinski definition) is 2. The third-order valence-corrected chi connectivity index (χ3v) is 3.86. The molecule has 1 aliphatic rings. The molecule has 0 bridgehead atoms. The van der Waals surface area contributed by atoms with Crippen LogP contribution in [0.2, 0.25) is 0 Å². The third kappa shape index (κ3) is 3.53. The lowest BCUT2D eigenvalue weighted by Gasteiger charge is -2.13. The number of nitro groups is 1. The molecule has 3 rings (SSSR count). The van der Waals surface area contributed by atoms with E-state index in [-0.39, 0.29) is 23.4 Å². The van der Waals surface area contributed by atoms with E-state index >= 15 is 0 Å². The Morgan fingerprint density at radius 3 is 2.57 bits per heavy atom. The van der Waals surface area contributed by atoms with Gasteiger partial charge in [0.25, 0.3) is 0 Å². The number of pyridine rings is 1. The van der Waals surface area contributed by atoms with Crippen molar-refractivity contribution < 1.29 is 4.92 Å². The Hall–Kier alpha value is -2.77. The normalized spacial score (nSPS) is 14.7. The average molecular weight is 314 g/mol. The highest BCUT2D eigenvalue weighted by molar-refractivity contribution is 5.72. The lowest BCUT2D eigenvalue weighted by molar-refractivity contribution is -0.383. The molecular formula is C15H18N6O2. The van der Waals surface area contributed by atoms with Crippen LogP contribution in [0, 0.1) is 17.0 Å². The summed E-state index contributed by atoms with van der Waals surface area (Å²) in [5, 5.41) is 17.6.